The Labute approximate surface area is 115 Å². The lowest BCUT2D eigenvalue weighted by atomic mass is 9.98. The summed E-state index contributed by atoms with van der Waals surface area (Å²) in [5, 5.41) is 11.2. The molecule has 2 atom stereocenters. The van der Waals surface area contributed by atoms with Gasteiger partial charge in [-0.15, -0.1) is 23.7 Å². The van der Waals surface area contributed by atoms with Crippen LogP contribution in [0.4, 0.5) is 0 Å². The molecule has 0 saturated carbocycles. The molecule has 0 aliphatic carbocycles. The number of hydrogen-bond donors (Lipinski definition) is 2. The lowest BCUT2D eigenvalue weighted by Crippen LogP contribution is -2.49. The molecule has 3 N–H and O–H groups in total. The molecule has 0 spiro atoms. The van der Waals surface area contributed by atoms with Crippen LogP contribution in [0.2, 0.25) is 0 Å². The molecule has 0 fully saturated rings. The molecule has 2 heterocycles. The van der Waals surface area contributed by atoms with Gasteiger partial charge < -0.3 is 15.7 Å². The Morgan fingerprint density at radius 1 is 1.68 bits per heavy atom. The van der Waals surface area contributed by atoms with Crippen LogP contribution in [-0.2, 0) is 16.0 Å². The molecule has 1 aromatic rings. The first-order chi connectivity index (χ1) is 9.06. The van der Waals surface area contributed by atoms with Crippen LogP contribution >= 0.6 is 11.3 Å². The van der Waals surface area contributed by atoms with Gasteiger partial charge in [-0.25, -0.2) is 4.79 Å². The van der Waals surface area contributed by atoms with E-state index in [1.165, 1.54) is 16.2 Å². The Morgan fingerprint density at radius 2 is 2.42 bits per heavy atom. The minimum atomic E-state index is -1.04. The van der Waals surface area contributed by atoms with Crippen molar-refractivity contribution in [3.63, 3.8) is 0 Å². The average Bonchev–Trinajstić information content (AvgIpc) is 2.84. The zero-order chi connectivity index (χ0) is 14.0. The summed E-state index contributed by atoms with van der Waals surface area (Å²) in [6.07, 6.45) is 5.90. The number of hydrogen-bond acceptors (Lipinski definition) is 4. The molecule has 1 aliphatic rings. The van der Waals surface area contributed by atoms with E-state index in [0.29, 0.717) is 18.5 Å². The number of carbonyl (C=O) groups excluding carboxylic acids is 1. The Hall–Kier alpha value is -1.84. The second kappa shape index (κ2) is 5.43. The second-order valence-corrected chi connectivity index (χ2v) is 5.34. The van der Waals surface area contributed by atoms with Gasteiger partial charge in [0.25, 0.3) is 0 Å². The molecule has 1 amide bonds. The van der Waals surface area contributed by atoms with Crippen LogP contribution in [0, 0.1) is 12.3 Å². The van der Waals surface area contributed by atoms with E-state index in [1.807, 2.05) is 5.38 Å². The van der Waals surface area contributed by atoms with Crippen molar-refractivity contribution in [3.8, 4) is 12.3 Å². The standard InChI is InChI=1S/C13H14N2O3S/c1-2-3-9(14)12(16)15-6-4-10-8(5-7-19-10)11(15)13(17)18/h1,5,7,9,11H,3-4,6,14H2,(H,17,18). The molecule has 1 aromatic heterocycles. The summed E-state index contributed by atoms with van der Waals surface area (Å²) in [4.78, 5) is 26.0. The minimum Gasteiger partial charge on any atom is -0.479 e. The number of terminal acetylenes is 1. The highest BCUT2D eigenvalue weighted by atomic mass is 32.1. The summed E-state index contributed by atoms with van der Waals surface area (Å²) in [5.41, 5.74) is 6.38. The SMILES string of the molecule is C#CCC(N)C(=O)N1CCc2sccc2C1C(=O)O. The molecule has 0 bridgehead atoms. The number of nitrogens with two attached hydrogens (primary N) is 1. The van der Waals surface area contributed by atoms with Crippen molar-refractivity contribution in [2.75, 3.05) is 6.54 Å². The molecule has 0 saturated heterocycles. The van der Waals surface area contributed by atoms with E-state index < -0.39 is 24.0 Å². The van der Waals surface area contributed by atoms with E-state index in [2.05, 4.69) is 5.92 Å². The van der Waals surface area contributed by atoms with Crippen molar-refractivity contribution in [1.29, 1.82) is 0 Å². The first kappa shape index (κ1) is 13.6. The van der Waals surface area contributed by atoms with E-state index in [-0.39, 0.29) is 6.42 Å². The maximum absolute atomic E-state index is 12.2. The summed E-state index contributed by atoms with van der Waals surface area (Å²) in [5.74, 6) is 0.886. The van der Waals surface area contributed by atoms with Crippen molar-refractivity contribution in [2.45, 2.75) is 24.9 Å². The molecule has 0 aromatic carbocycles. The summed E-state index contributed by atoms with van der Waals surface area (Å²) in [6.45, 7) is 0.363. The third-order valence-electron chi connectivity index (χ3n) is 3.14. The molecule has 100 valence electrons. The molecule has 0 radical (unpaired) electrons. The van der Waals surface area contributed by atoms with Gasteiger partial charge in [0, 0.05) is 17.8 Å². The Kier molecular flexibility index (Phi) is 3.88. The van der Waals surface area contributed by atoms with Gasteiger partial charge in [0.05, 0.1) is 6.04 Å². The van der Waals surface area contributed by atoms with Crippen molar-refractivity contribution < 1.29 is 14.7 Å². The van der Waals surface area contributed by atoms with Gasteiger partial charge in [0.1, 0.15) is 0 Å². The average molecular weight is 278 g/mol. The van der Waals surface area contributed by atoms with E-state index >= 15 is 0 Å². The molecule has 19 heavy (non-hydrogen) atoms. The van der Waals surface area contributed by atoms with Gasteiger partial charge in [0.2, 0.25) is 5.91 Å². The third-order valence-corrected chi connectivity index (χ3v) is 4.13. The first-order valence-electron chi connectivity index (χ1n) is 5.85. The van der Waals surface area contributed by atoms with E-state index in [0.717, 1.165) is 4.88 Å². The molecular weight excluding hydrogens is 264 g/mol. The Bertz CT molecular complexity index is 546. The molecule has 1 aliphatic heterocycles. The number of rotatable bonds is 3. The van der Waals surface area contributed by atoms with Gasteiger partial charge in [-0.2, -0.15) is 0 Å². The smallest absolute Gasteiger partial charge is 0.331 e. The second-order valence-electron chi connectivity index (χ2n) is 4.34. The van der Waals surface area contributed by atoms with Gasteiger partial charge >= 0.3 is 5.97 Å². The fourth-order valence-electron chi connectivity index (χ4n) is 2.25. The van der Waals surface area contributed by atoms with Gasteiger partial charge in [-0.05, 0) is 23.4 Å². The summed E-state index contributed by atoms with van der Waals surface area (Å²) >= 11 is 1.51. The van der Waals surface area contributed by atoms with Crippen molar-refractivity contribution >= 4 is 23.2 Å². The predicted octanol–water partition coefficient (Wildman–Crippen LogP) is 0.609. The Balaban J connectivity index is 2.29. The molecule has 6 heteroatoms. The fourth-order valence-corrected chi connectivity index (χ4v) is 3.15. The number of carboxylic acid groups (broad SMARTS) is 1. The van der Waals surface area contributed by atoms with E-state index in [1.54, 1.807) is 6.07 Å². The van der Waals surface area contributed by atoms with Crippen LogP contribution in [-0.4, -0.2) is 34.5 Å². The van der Waals surface area contributed by atoms with Crippen LogP contribution < -0.4 is 5.73 Å². The van der Waals surface area contributed by atoms with Crippen LogP contribution in [0.15, 0.2) is 11.4 Å². The number of nitrogens with zero attached hydrogens (tertiary/aromatic N) is 1. The number of fused-ring (bicyclic) bond motifs is 1. The highest BCUT2D eigenvalue weighted by Gasteiger charge is 2.37. The van der Waals surface area contributed by atoms with Gasteiger partial charge in [-0.3, -0.25) is 4.79 Å². The normalized spacial score (nSPS) is 19.4. The number of thiophene rings is 1. The summed E-state index contributed by atoms with van der Waals surface area (Å²) in [6, 6.07) is -0.0383. The Morgan fingerprint density at radius 3 is 3.05 bits per heavy atom. The molecule has 2 unspecified atom stereocenters. The van der Waals surface area contributed by atoms with E-state index in [9.17, 15) is 14.7 Å². The van der Waals surface area contributed by atoms with E-state index in [4.69, 9.17) is 12.2 Å². The lowest BCUT2D eigenvalue weighted by Gasteiger charge is -2.34. The molecule has 5 nitrogen and oxygen atoms in total. The maximum atomic E-state index is 12.2. The quantitative estimate of drug-likeness (QED) is 0.793. The largest absolute Gasteiger partial charge is 0.479 e. The third kappa shape index (κ3) is 2.48. The molecular formula is C13H14N2O3S. The zero-order valence-electron chi connectivity index (χ0n) is 10.2. The van der Waals surface area contributed by atoms with Gasteiger partial charge in [-0.1, -0.05) is 0 Å². The van der Waals surface area contributed by atoms with Gasteiger partial charge in [0.15, 0.2) is 6.04 Å². The lowest BCUT2D eigenvalue weighted by molar-refractivity contribution is -0.151. The fraction of sp³-hybridized carbons (Fsp3) is 0.385. The zero-order valence-corrected chi connectivity index (χ0v) is 11.0. The first-order valence-corrected chi connectivity index (χ1v) is 6.72. The summed E-state index contributed by atoms with van der Waals surface area (Å²) in [7, 11) is 0. The minimum absolute atomic E-state index is 0.109. The van der Waals surface area contributed by atoms with Crippen LogP contribution in [0.5, 0.6) is 0 Å². The van der Waals surface area contributed by atoms with Crippen LogP contribution in [0.3, 0.4) is 0 Å². The van der Waals surface area contributed by atoms with Crippen LogP contribution in [0.25, 0.3) is 0 Å². The van der Waals surface area contributed by atoms with Crippen molar-refractivity contribution in [3.05, 3.63) is 21.9 Å². The number of carbonyl (C=O) groups is 2. The highest BCUT2D eigenvalue weighted by Crippen LogP contribution is 2.33. The number of aliphatic carboxylic acids is 1. The molecule has 2 rings (SSSR count). The summed E-state index contributed by atoms with van der Waals surface area (Å²) < 4.78 is 0. The topological polar surface area (TPSA) is 83.6 Å². The number of amides is 1. The van der Waals surface area contributed by atoms with Crippen LogP contribution in [0.1, 0.15) is 22.9 Å². The van der Waals surface area contributed by atoms with Crippen molar-refractivity contribution in [2.24, 2.45) is 5.73 Å². The predicted molar refractivity (Wildman–Crippen MR) is 71.5 cm³/mol. The monoisotopic (exact) mass is 278 g/mol. The highest BCUT2D eigenvalue weighted by molar-refractivity contribution is 7.10. The van der Waals surface area contributed by atoms with Crippen molar-refractivity contribution in [1.82, 2.24) is 4.90 Å². The number of carboxylic acids is 1. The maximum Gasteiger partial charge on any atom is 0.331 e.